The van der Waals surface area contributed by atoms with Crippen LogP contribution in [0.2, 0.25) is 0 Å². The van der Waals surface area contributed by atoms with Crippen LogP contribution in [0.15, 0.2) is 41.4 Å². The van der Waals surface area contributed by atoms with E-state index in [1.54, 1.807) is 0 Å². The first-order valence-electron chi connectivity index (χ1n) is 8.89. The molecule has 1 amide bonds. The fraction of sp³-hybridized carbons (Fsp3) is 0.300. The van der Waals surface area contributed by atoms with Gasteiger partial charge in [0, 0.05) is 7.05 Å². The van der Waals surface area contributed by atoms with Gasteiger partial charge in [-0.15, -0.1) is 0 Å². The number of amides is 1. The Hall–Kier alpha value is -3.30. The van der Waals surface area contributed by atoms with E-state index in [0.29, 0.717) is 11.1 Å². The second kappa shape index (κ2) is 8.21. The van der Waals surface area contributed by atoms with Crippen LogP contribution in [0.3, 0.4) is 0 Å². The van der Waals surface area contributed by atoms with Crippen molar-refractivity contribution in [2.45, 2.75) is 19.1 Å². The minimum absolute atomic E-state index is 0.0641. The van der Waals surface area contributed by atoms with Crippen molar-refractivity contribution < 1.29 is 31.8 Å². The number of guanidine groups is 1. The molecule has 0 bridgehead atoms. The average Bonchev–Trinajstić information content (AvgIpc) is 2.93. The van der Waals surface area contributed by atoms with Crippen molar-refractivity contribution in [2.24, 2.45) is 10.7 Å². The van der Waals surface area contributed by atoms with Crippen molar-refractivity contribution in [3.8, 4) is 11.5 Å². The van der Waals surface area contributed by atoms with Gasteiger partial charge in [-0.1, -0.05) is 12.1 Å². The number of aliphatic imine (C=N–C) groups is 1. The standard InChI is InChI=1S/C20H19F4N3O3/c1-11-9-12(4-6-15(11)30-18(23)24)20(17(28)27(2)19(25)26-20)13-3-5-14(22)16(10-13)29-8-7-21/h3-6,9-10,18H,7-8H2,1-2H3,(H2,25,26)/t20-/m0/s1. The van der Waals surface area contributed by atoms with Gasteiger partial charge >= 0.3 is 6.61 Å². The molecular formula is C20H19F4N3O3. The van der Waals surface area contributed by atoms with Crippen molar-refractivity contribution in [1.29, 1.82) is 0 Å². The SMILES string of the molecule is Cc1cc([C@@]2(c3ccc(F)c(OCCF)c3)N=C(N)N(C)C2=O)ccc1OC(F)F. The molecule has 0 aliphatic carbocycles. The maximum Gasteiger partial charge on any atom is 0.387 e. The molecule has 0 unspecified atom stereocenters. The fourth-order valence-corrected chi connectivity index (χ4v) is 3.27. The molecule has 6 nitrogen and oxygen atoms in total. The lowest BCUT2D eigenvalue weighted by Crippen LogP contribution is -2.41. The third-order valence-corrected chi connectivity index (χ3v) is 4.73. The molecule has 0 radical (unpaired) electrons. The van der Waals surface area contributed by atoms with Gasteiger partial charge in [-0.05, 0) is 47.9 Å². The lowest BCUT2D eigenvalue weighted by Gasteiger charge is -2.27. The highest BCUT2D eigenvalue weighted by Gasteiger charge is 2.50. The van der Waals surface area contributed by atoms with E-state index < -0.39 is 30.5 Å². The minimum Gasteiger partial charge on any atom is -0.488 e. The number of benzene rings is 2. The van der Waals surface area contributed by atoms with Gasteiger partial charge in [0.2, 0.25) is 0 Å². The van der Waals surface area contributed by atoms with Crippen LogP contribution in [0.4, 0.5) is 17.6 Å². The number of nitrogens with zero attached hydrogens (tertiary/aromatic N) is 2. The summed E-state index contributed by atoms with van der Waals surface area (Å²) in [5, 5.41) is 0. The van der Waals surface area contributed by atoms with E-state index in [4.69, 9.17) is 10.5 Å². The largest absolute Gasteiger partial charge is 0.488 e. The molecule has 0 spiro atoms. The summed E-state index contributed by atoms with van der Waals surface area (Å²) in [6.07, 6.45) is 0. The third-order valence-electron chi connectivity index (χ3n) is 4.73. The number of nitrogens with two attached hydrogens (primary N) is 1. The van der Waals surface area contributed by atoms with Crippen molar-refractivity contribution in [2.75, 3.05) is 20.3 Å². The number of rotatable bonds is 7. The lowest BCUT2D eigenvalue weighted by molar-refractivity contribution is -0.129. The number of likely N-dealkylation sites (N-methyl/N-ethyl adjacent to an activating group) is 1. The summed E-state index contributed by atoms with van der Waals surface area (Å²) in [5.74, 6) is -1.68. The highest BCUT2D eigenvalue weighted by Crippen LogP contribution is 2.42. The Balaban J connectivity index is 2.18. The predicted octanol–water partition coefficient (Wildman–Crippen LogP) is 3.11. The number of aryl methyl sites for hydroxylation is 1. The molecular weight excluding hydrogens is 406 g/mol. The zero-order valence-electron chi connectivity index (χ0n) is 16.2. The Bertz CT molecular complexity index is 999. The molecule has 30 heavy (non-hydrogen) atoms. The molecule has 2 N–H and O–H groups in total. The Morgan fingerprint density at radius 1 is 1.17 bits per heavy atom. The first kappa shape index (κ1) is 21.4. The third kappa shape index (κ3) is 3.64. The molecule has 0 fully saturated rings. The van der Waals surface area contributed by atoms with Crippen molar-refractivity contribution >= 4 is 11.9 Å². The monoisotopic (exact) mass is 425 g/mol. The Kier molecular flexibility index (Phi) is 5.86. The molecule has 2 aromatic rings. The maximum atomic E-state index is 14.1. The van der Waals surface area contributed by atoms with Crippen molar-refractivity contribution in [1.82, 2.24) is 4.90 Å². The molecule has 1 atom stereocenters. The van der Waals surface area contributed by atoms with Crippen LogP contribution in [0, 0.1) is 12.7 Å². The summed E-state index contributed by atoms with van der Waals surface area (Å²) < 4.78 is 61.3. The number of hydrogen-bond donors (Lipinski definition) is 1. The average molecular weight is 425 g/mol. The quantitative estimate of drug-likeness (QED) is 0.692. The number of alkyl halides is 3. The van der Waals surface area contributed by atoms with E-state index >= 15 is 0 Å². The van der Waals surface area contributed by atoms with E-state index in [0.717, 1.165) is 11.0 Å². The number of halogens is 4. The number of hydrogen-bond acceptors (Lipinski definition) is 5. The van der Waals surface area contributed by atoms with Gasteiger partial charge in [0.05, 0.1) is 0 Å². The van der Waals surface area contributed by atoms with Crippen LogP contribution in [0.25, 0.3) is 0 Å². The number of carbonyl (C=O) groups is 1. The van der Waals surface area contributed by atoms with Crippen LogP contribution in [0.1, 0.15) is 16.7 Å². The van der Waals surface area contributed by atoms with Gasteiger partial charge in [-0.3, -0.25) is 9.69 Å². The number of ether oxygens (including phenoxy) is 2. The van der Waals surface area contributed by atoms with E-state index in [9.17, 15) is 22.4 Å². The highest BCUT2D eigenvalue weighted by atomic mass is 19.3. The topological polar surface area (TPSA) is 77.2 Å². The molecule has 0 saturated carbocycles. The van der Waals surface area contributed by atoms with Gasteiger partial charge < -0.3 is 15.2 Å². The van der Waals surface area contributed by atoms with Gasteiger partial charge in [-0.2, -0.15) is 8.78 Å². The Morgan fingerprint density at radius 3 is 2.40 bits per heavy atom. The normalized spacial score (nSPS) is 18.7. The minimum atomic E-state index is -3.01. The summed E-state index contributed by atoms with van der Waals surface area (Å²) in [4.78, 5) is 18.7. The molecule has 0 saturated heterocycles. The predicted molar refractivity (Wildman–Crippen MR) is 101 cm³/mol. The molecule has 3 rings (SSSR count). The molecule has 160 valence electrons. The first-order chi connectivity index (χ1) is 14.2. The van der Waals surface area contributed by atoms with Gasteiger partial charge in [0.15, 0.2) is 23.1 Å². The van der Waals surface area contributed by atoms with Crippen LogP contribution < -0.4 is 15.2 Å². The lowest BCUT2D eigenvalue weighted by atomic mass is 9.82. The van der Waals surface area contributed by atoms with E-state index in [1.807, 2.05) is 0 Å². The maximum absolute atomic E-state index is 14.1. The summed E-state index contributed by atoms with van der Waals surface area (Å²) in [7, 11) is 1.42. The zero-order valence-corrected chi connectivity index (χ0v) is 16.2. The molecule has 0 aromatic heterocycles. The van der Waals surface area contributed by atoms with Crippen LogP contribution >= 0.6 is 0 Å². The van der Waals surface area contributed by atoms with Gasteiger partial charge in [0.1, 0.15) is 19.0 Å². The molecule has 10 heteroatoms. The van der Waals surface area contributed by atoms with Crippen LogP contribution in [0.5, 0.6) is 11.5 Å². The van der Waals surface area contributed by atoms with Gasteiger partial charge in [0.25, 0.3) is 5.91 Å². The fourth-order valence-electron chi connectivity index (χ4n) is 3.27. The van der Waals surface area contributed by atoms with E-state index in [-0.39, 0.29) is 29.6 Å². The van der Waals surface area contributed by atoms with Crippen LogP contribution in [-0.2, 0) is 10.3 Å². The zero-order chi connectivity index (χ0) is 22.1. The molecule has 1 aliphatic rings. The summed E-state index contributed by atoms with van der Waals surface area (Å²) in [6, 6.07) is 7.83. The first-order valence-corrected chi connectivity index (χ1v) is 8.89. The van der Waals surface area contributed by atoms with Gasteiger partial charge in [-0.25, -0.2) is 13.8 Å². The molecule has 2 aromatic carbocycles. The molecule has 1 heterocycles. The Morgan fingerprint density at radius 2 is 1.83 bits per heavy atom. The van der Waals surface area contributed by atoms with E-state index in [2.05, 4.69) is 9.73 Å². The smallest absolute Gasteiger partial charge is 0.387 e. The van der Waals surface area contributed by atoms with Crippen LogP contribution in [-0.4, -0.2) is 43.7 Å². The van der Waals surface area contributed by atoms with Crippen molar-refractivity contribution in [3.05, 3.63) is 58.9 Å². The second-order valence-electron chi connectivity index (χ2n) is 6.59. The summed E-state index contributed by atoms with van der Waals surface area (Å²) >= 11 is 0. The highest BCUT2D eigenvalue weighted by molar-refractivity contribution is 6.09. The summed E-state index contributed by atoms with van der Waals surface area (Å²) in [6.45, 7) is -2.67. The molecule has 1 aliphatic heterocycles. The Labute approximate surface area is 169 Å². The van der Waals surface area contributed by atoms with E-state index in [1.165, 1.54) is 44.3 Å². The summed E-state index contributed by atoms with van der Waals surface area (Å²) in [5.41, 5.74) is 5.04. The number of carbonyl (C=O) groups excluding carboxylic acids is 1. The van der Waals surface area contributed by atoms with Crippen molar-refractivity contribution in [3.63, 3.8) is 0 Å². The second-order valence-corrected chi connectivity index (χ2v) is 6.59.